The Morgan fingerprint density at radius 2 is 1.89 bits per heavy atom. The number of nitrogens with zero attached hydrogens (tertiary/aromatic N) is 1. The number of hydrogen-bond acceptors (Lipinski definition) is 4. The fourth-order valence-corrected chi connectivity index (χ4v) is 2.06. The Morgan fingerprint density at radius 3 is 2.58 bits per heavy atom. The van der Waals surface area contributed by atoms with E-state index >= 15 is 0 Å². The lowest BCUT2D eigenvalue weighted by Gasteiger charge is -2.18. The first kappa shape index (κ1) is 13.5. The minimum Gasteiger partial charge on any atom is -0.497 e. The number of carbonyl (C=O) groups is 2. The smallest absolute Gasteiger partial charge is 0.295 e. The molecule has 19 heavy (non-hydrogen) atoms. The first-order chi connectivity index (χ1) is 9.22. The molecule has 1 aliphatic rings. The van der Waals surface area contributed by atoms with E-state index in [4.69, 9.17) is 4.74 Å². The highest BCUT2D eigenvalue weighted by Gasteiger charge is 2.23. The van der Waals surface area contributed by atoms with Crippen molar-refractivity contribution in [1.82, 2.24) is 10.2 Å². The summed E-state index contributed by atoms with van der Waals surface area (Å²) in [5.41, 5.74) is 0.406. The minimum absolute atomic E-state index is 0.406. The maximum Gasteiger partial charge on any atom is 0.295 e. The standard InChI is InChI=1S/C14H18N2O3/c1-19-12-5-3-11(4-6-12)13(17)14(18)16-9-2-7-15-8-10-16/h3-6,15H,2,7-10H2,1H3. The number of ketones is 1. The molecule has 1 fully saturated rings. The summed E-state index contributed by atoms with van der Waals surface area (Å²) in [5.74, 6) is -0.207. The van der Waals surface area contributed by atoms with Crippen molar-refractivity contribution in [2.45, 2.75) is 6.42 Å². The summed E-state index contributed by atoms with van der Waals surface area (Å²) in [7, 11) is 1.56. The molecule has 5 heteroatoms. The Morgan fingerprint density at radius 1 is 1.16 bits per heavy atom. The van der Waals surface area contributed by atoms with E-state index in [9.17, 15) is 9.59 Å². The van der Waals surface area contributed by atoms with Gasteiger partial charge in [0.25, 0.3) is 5.91 Å². The highest BCUT2D eigenvalue weighted by atomic mass is 16.5. The van der Waals surface area contributed by atoms with Gasteiger partial charge in [-0.2, -0.15) is 0 Å². The molecule has 2 rings (SSSR count). The summed E-state index contributed by atoms with van der Waals surface area (Å²) >= 11 is 0. The van der Waals surface area contributed by atoms with Gasteiger partial charge in [0, 0.05) is 25.2 Å². The largest absolute Gasteiger partial charge is 0.497 e. The third kappa shape index (κ3) is 3.32. The molecule has 1 aromatic carbocycles. The van der Waals surface area contributed by atoms with Crippen LogP contribution in [0.1, 0.15) is 16.8 Å². The third-order valence-corrected chi connectivity index (χ3v) is 3.17. The van der Waals surface area contributed by atoms with Gasteiger partial charge >= 0.3 is 0 Å². The van der Waals surface area contributed by atoms with E-state index in [0.717, 1.165) is 19.5 Å². The predicted octanol–water partition coefficient (Wildman–Crippen LogP) is 0.700. The van der Waals surface area contributed by atoms with Crippen LogP contribution in [0.4, 0.5) is 0 Å². The van der Waals surface area contributed by atoms with E-state index in [2.05, 4.69) is 5.32 Å². The van der Waals surface area contributed by atoms with Crippen LogP contribution in [0, 0.1) is 0 Å². The molecule has 1 aliphatic heterocycles. The van der Waals surface area contributed by atoms with Crippen LogP contribution in [0.5, 0.6) is 5.75 Å². The molecule has 0 radical (unpaired) electrons. The van der Waals surface area contributed by atoms with Crippen molar-refractivity contribution in [3.63, 3.8) is 0 Å². The van der Waals surface area contributed by atoms with Crippen molar-refractivity contribution < 1.29 is 14.3 Å². The van der Waals surface area contributed by atoms with E-state index in [1.807, 2.05) is 0 Å². The first-order valence-corrected chi connectivity index (χ1v) is 6.41. The van der Waals surface area contributed by atoms with Crippen LogP contribution in [0.15, 0.2) is 24.3 Å². The van der Waals surface area contributed by atoms with Gasteiger partial charge in [-0.3, -0.25) is 9.59 Å². The van der Waals surface area contributed by atoms with Gasteiger partial charge in [-0.1, -0.05) is 0 Å². The van der Waals surface area contributed by atoms with Crippen molar-refractivity contribution in [3.05, 3.63) is 29.8 Å². The zero-order chi connectivity index (χ0) is 13.7. The molecule has 1 aromatic rings. The van der Waals surface area contributed by atoms with Gasteiger partial charge in [-0.15, -0.1) is 0 Å². The van der Waals surface area contributed by atoms with Crippen LogP contribution < -0.4 is 10.1 Å². The van der Waals surface area contributed by atoms with Crippen molar-refractivity contribution in [2.24, 2.45) is 0 Å². The second-order valence-electron chi connectivity index (χ2n) is 4.45. The number of Topliss-reactive ketones (excluding diaryl/α,β-unsaturated/α-hetero) is 1. The lowest BCUT2D eigenvalue weighted by atomic mass is 10.1. The van der Waals surface area contributed by atoms with Gasteiger partial charge < -0.3 is 15.0 Å². The van der Waals surface area contributed by atoms with Gasteiger partial charge in [0.15, 0.2) is 0 Å². The van der Waals surface area contributed by atoms with E-state index in [0.29, 0.717) is 24.4 Å². The average molecular weight is 262 g/mol. The van der Waals surface area contributed by atoms with Crippen molar-refractivity contribution >= 4 is 11.7 Å². The molecule has 0 bridgehead atoms. The van der Waals surface area contributed by atoms with Gasteiger partial charge in [0.1, 0.15) is 5.75 Å². The van der Waals surface area contributed by atoms with E-state index in [-0.39, 0.29) is 0 Å². The number of amides is 1. The van der Waals surface area contributed by atoms with E-state index in [1.165, 1.54) is 0 Å². The maximum atomic E-state index is 12.1. The molecule has 1 N–H and O–H groups in total. The Labute approximate surface area is 112 Å². The topological polar surface area (TPSA) is 58.6 Å². The van der Waals surface area contributed by atoms with Crippen molar-refractivity contribution in [3.8, 4) is 5.75 Å². The average Bonchev–Trinajstić information content (AvgIpc) is 2.75. The van der Waals surface area contributed by atoms with Crippen LogP contribution in [0.2, 0.25) is 0 Å². The molecule has 1 amide bonds. The zero-order valence-corrected chi connectivity index (χ0v) is 11.0. The fourth-order valence-electron chi connectivity index (χ4n) is 2.06. The van der Waals surface area contributed by atoms with Crippen molar-refractivity contribution in [1.29, 1.82) is 0 Å². The van der Waals surface area contributed by atoms with E-state index in [1.54, 1.807) is 36.3 Å². The quantitative estimate of drug-likeness (QED) is 0.643. The number of carbonyl (C=O) groups excluding carboxylic acids is 2. The Bertz CT molecular complexity index is 448. The molecule has 0 unspecified atom stereocenters. The molecular formula is C14H18N2O3. The molecule has 0 saturated carbocycles. The second-order valence-corrected chi connectivity index (χ2v) is 4.45. The molecule has 0 aliphatic carbocycles. The predicted molar refractivity (Wildman–Crippen MR) is 71.4 cm³/mol. The number of ether oxygens (including phenoxy) is 1. The van der Waals surface area contributed by atoms with Crippen LogP contribution in [0.3, 0.4) is 0 Å². The highest BCUT2D eigenvalue weighted by Crippen LogP contribution is 2.12. The summed E-state index contributed by atoms with van der Waals surface area (Å²) in [6.45, 7) is 2.84. The maximum absolute atomic E-state index is 12.1. The van der Waals surface area contributed by atoms with Crippen LogP contribution in [-0.4, -0.2) is 49.9 Å². The summed E-state index contributed by atoms with van der Waals surface area (Å²) in [6, 6.07) is 6.61. The Kier molecular flexibility index (Phi) is 4.52. The first-order valence-electron chi connectivity index (χ1n) is 6.41. The molecule has 0 atom stereocenters. The van der Waals surface area contributed by atoms with Crippen LogP contribution in [-0.2, 0) is 4.79 Å². The second kappa shape index (κ2) is 6.33. The summed E-state index contributed by atoms with van der Waals surface area (Å²) < 4.78 is 5.03. The number of hydrogen-bond donors (Lipinski definition) is 1. The molecule has 1 heterocycles. The van der Waals surface area contributed by atoms with Crippen molar-refractivity contribution in [2.75, 3.05) is 33.3 Å². The molecule has 1 saturated heterocycles. The Balaban J connectivity index is 2.06. The van der Waals surface area contributed by atoms with Gasteiger partial charge in [-0.25, -0.2) is 0 Å². The SMILES string of the molecule is COc1ccc(C(=O)C(=O)N2CCCNCC2)cc1. The van der Waals surface area contributed by atoms with Gasteiger partial charge in [0.05, 0.1) is 7.11 Å². The number of rotatable bonds is 3. The van der Waals surface area contributed by atoms with Gasteiger partial charge in [-0.05, 0) is 37.2 Å². The van der Waals surface area contributed by atoms with Gasteiger partial charge in [0.2, 0.25) is 5.78 Å². The monoisotopic (exact) mass is 262 g/mol. The molecule has 0 aromatic heterocycles. The zero-order valence-electron chi connectivity index (χ0n) is 11.0. The fraction of sp³-hybridized carbons (Fsp3) is 0.429. The molecule has 0 spiro atoms. The molecule has 102 valence electrons. The highest BCUT2D eigenvalue weighted by molar-refractivity contribution is 6.42. The molecule has 5 nitrogen and oxygen atoms in total. The lowest BCUT2D eigenvalue weighted by molar-refractivity contribution is -0.126. The summed E-state index contributed by atoms with van der Waals surface area (Å²) in [5, 5.41) is 3.20. The summed E-state index contributed by atoms with van der Waals surface area (Å²) in [4.78, 5) is 25.8. The summed E-state index contributed by atoms with van der Waals surface area (Å²) in [6.07, 6.45) is 0.877. The normalized spacial score (nSPS) is 15.7. The van der Waals surface area contributed by atoms with E-state index < -0.39 is 11.7 Å². The number of methoxy groups -OCH3 is 1. The van der Waals surface area contributed by atoms with Crippen LogP contribution >= 0.6 is 0 Å². The number of benzene rings is 1. The Hall–Kier alpha value is -1.88. The third-order valence-electron chi connectivity index (χ3n) is 3.17. The number of nitrogens with one attached hydrogen (secondary N) is 1. The molecular weight excluding hydrogens is 244 g/mol. The minimum atomic E-state index is -0.454. The lowest BCUT2D eigenvalue weighted by Crippen LogP contribution is -2.38. The van der Waals surface area contributed by atoms with Crippen LogP contribution in [0.25, 0.3) is 0 Å².